The Hall–Kier alpha value is -2.37. The number of aromatic nitrogens is 2. The summed E-state index contributed by atoms with van der Waals surface area (Å²) in [5.41, 5.74) is 2.31. The van der Waals surface area contributed by atoms with Crippen molar-refractivity contribution in [3.05, 3.63) is 41.3 Å². The Bertz CT molecular complexity index is 620. The average Bonchev–Trinajstić information content (AvgIpc) is 2.96. The minimum absolute atomic E-state index is 0.00207. The van der Waals surface area contributed by atoms with Gasteiger partial charge in [0.15, 0.2) is 6.61 Å². The second-order valence-electron chi connectivity index (χ2n) is 5.58. The van der Waals surface area contributed by atoms with Gasteiger partial charge in [0.25, 0.3) is 11.8 Å². The van der Waals surface area contributed by atoms with Crippen molar-refractivity contribution in [3.63, 3.8) is 0 Å². The highest BCUT2D eigenvalue weighted by Gasteiger charge is 2.17. The monoisotopic (exact) mass is 303 g/mol. The molecule has 0 spiro atoms. The normalized spacial score (nSPS) is 12.0. The highest BCUT2D eigenvalue weighted by atomic mass is 16.6. The molecule has 1 heterocycles. The number of hydrogen-bond acceptors (Lipinski definition) is 6. The van der Waals surface area contributed by atoms with E-state index in [0.29, 0.717) is 18.3 Å². The van der Waals surface area contributed by atoms with E-state index < -0.39 is 0 Å². The molecule has 6 nitrogen and oxygen atoms in total. The molecule has 2 rings (SSSR count). The molecule has 1 atom stereocenters. The second-order valence-corrected chi connectivity index (χ2v) is 5.58. The number of benzene rings is 1. The van der Waals surface area contributed by atoms with E-state index >= 15 is 0 Å². The van der Waals surface area contributed by atoms with Crippen LogP contribution in [0.2, 0.25) is 0 Å². The van der Waals surface area contributed by atoms with Gasteiger partial charge in [-0.1, -0.05) is 36.8 Å². The number of nitrogens with zero attached hydrogens (tertiary/aromatic N) is 3. The van der Waals surface area contributed by atoms with Gasteiger partial charge in [0.1, 0.15) is 0 Å². The SMILES string of the molecule is Cc1ccc(CC(C)C(=O)OCc2nc(N(C)C)no2)cc1. The third-order valence-corrected chi connectivity index (χ3v) is 3.26. The fraction of sp³-hybridized carbons (Fsp3) is 0.438. The molecule has 0 fully saturated rings. The minimum Gasteiger partial charge on any atom is -0.455 e. The number of carbonyl (C=O) groups excluding carboxylic acids is 1. The summed E-state index contributed by atoms with van der Waals surface area (Å²) in [6.07, 6.45) is 0.645. The molecule has 0 radical (unpaired) electrons. The molecule has 1 aromatic heterocycles. The van der Waals surface area contributed by atoms with Crippen molar-refractivity contribution in [2.75, 3.05) is 19.0 Å². The Morgan fingerprint density at radius 3 is 2.59 bits per heavy atom. The van der Waals surface area contributed by atoms with Gasteiger partial charge in [0, 0.05) is 14.1 Å². The molecule has 0 N–H and O–H groups in total. The van der Waals surface area contributed by atoms with Gasteiger partial charge in [-0.3, -0.25) is 4.79 Å². The summed E-state index contributed by atoms with van der Waals surface area (Å²) < 4.78 is 10.2. The minimum atomic E-state index is -0.273. The molecule has 118 valence electrons. The van der Waals surface area contributed by atoms with Crippen LogP contribution in [-0.4, -0.2) is 30.2 Å². The number of carbonyl (C=O) groups is 1. The van der Waals surface area contributed by atoms with Crippen LogP contribution in [0.25, 0.3) is 0 Å². The topological polar surface area (TPSA) is 68.5 Å². The standard InChI is InChI=1S/C16H21N3O3/c1-11-5-7-13(8-6-11)9-12(2)15(20)21-10-14-17-16(18-22-14)19(3)4/h5-8,12H,9-10H2,1-4H3. The van der Waals surface area contributed by atoms with E-state index in [1.165, 1.54) is 5.56 Å². The first kappa shape index (κ1) is 16.0. The molecule has 6 heteroatoms. The maximum atomic E-state index is 12.0. The second kappa shape index (κ2) is 7.06. The fourth-order valence-electron chi connectivity index (χ4n) is 1.92. The van der Waals surface area contributed by atoms with Crippen molar-refractivity contribution in [1.29, 1.82) is 0 Å². The molecule has 0 aliphatic carbocycles. The number of anilines is 1. The van der Waals surface area contributed by atoms with Crippen LogP contribution in [0, 0.1) is 12.8 Å². The van der Waals surface area contributed by atoms with Gasteiger partial charge in [-0.2, -0.15) is 4.98 Å². The van der Waals surface area contributed by atoms with Gasteiger partial charge < -0.3 is 14.2 Å². The third kappa shape index (κ3) is 4.31. The van der Waals surface area contributed by atoms with Crippen LogP contribution in [-0.2, 0) is 22.6 Å². The molecular formula is C16H21N3O3. The Kier molecular flexibility index (Phi) is 5.14. The van der Waals surface area contributed by atoms with Gasteiger partial charge in [-0.05, 0) is 24.1 Å². The van der Waals surface area contributed by atoms with Crippen LogP contribution in [0.1, 0.15) is 23.9 Å². The van der Waals surface area contributed by atoms with E-state index in [-0.39, 0.29) is 18.5 Å². The van der Waals surface area contributed by atoms with E-state index in [0.717, 1.165) is 5.56 Å². The van der Waals surface area contributed by atoms with Crippen LogP contribution < -0.4 is 4.90 Å². The molecule has 0 aliphatic heterocycles. The zero-order valence-corrected chi connectivity index (χ0v) is 13.4. The lowest BCUT2D eigenvalue weighted by atomic mass is 10.0. The van der Waals surface area contributed by atoms with E-state index in [9.17, 15) is 4.79 Å². The molecule has 0 saturated carbocycles. The summed E-state index contributed by atoms with van der Waals surface area (Å²) in [5.74, 6) is 0.252. The summed E-state index contributed by atoms with van der Waals surface area (Å²) in [4.78, 5) is 17.8. The Morgan fingerprint density at radius 1 is 1.32 bits per heavy atom. The quantitative estimate of drug-likeness (QED) is 0.763. The van der Waals surface area contributed by atoms with Crippen LogP contribution in [0.15, 0.2) is 28.8 Å². The number of aryl methyl sites for hydroxylation is 1. The maximum absolute atomic E-state index is 12.0. The predicted octanol–water partition coefficient (Wildman–Crippen LogP) is 2.37. The van der Waals surface area contributed by atoms with Crippen LogP contribution in [0.5, 0.6) is 0 Å². The first-order chi connectivity index (χ1) is 10.5. The number of hydrogen-bond donors (Lipinski definition) is 0. The van der Waals surface area contributed by atoms with Crippen molar-refractivity contribution >= 4 is 11.9 Å². The first-order valence-electron chi connectivity index (χ1n) is 7.18. The first-order valence-corrected chi connectivity index (χ1v) is 7.18. The summed E-state index contributed by atoms with van der Waals surface area (Å²) in [6, 6.07) is 8.13. The van der Waals surface area contributed by atoms with Gasteiger partial charge in [0.2, 0.25) is 0 Å². The largest absolute Gasteiger partial charge is 0.455 e. The van der Waals surface area contributed by atoms with E-state index in [2.05, 4.69) is 10.1 Å². The Morgan fingerprint density at radius 2 is 2.00 bits per heavy atom. The number of rotatable bonds is 6. The van der Waals surface area contributed by atoms with Crippen LogP contribution in [0.3, 0.4) is 0 Å². The van der Waals surface area contributed by atoms with Crippen molar-refractivity contribution in [3.8, 4) is 0 Å². The zero-order chi connectivity index (χ0) is 16.1. The van der Waals surface area contributed by atoms with Gasteiger partial charge in [0.05, 0.1) is 5.92 Å². The van der Waals surface area contributed by atoms with Crippen LogP contribution >= 0.6 is 0 Å². The molecule has 1 aromatic carbocycles. The maximum Gasteiger partial charge on any atom is 0.309 e. The summed E-state index contributed by atoms with van der Waals surface area (Å²) in [5, 5.41) is 3.76. The summed E-state index contributed by atoms with van der Waals surface area (Å²) in [7, 11) is 3.62. The van der Waals surface area contributed by atoms with Crippen molar-refractivity contribution < 1.29 is 14.1 Å². The van der Waals surface area contributed by atoms with Gasteiger partial charge in [-0.25, -0.2) is 0 Å². The number of esters is 1. The highest BCUT2D eigenvalue weighted by Crippen LogP contribution is 2.13. The zero-order valence-electron chi connectivity index (χ0n) is 13.4. The third-order valence-electron chi connectivity index (χ3n) is 3.26. The number of ether oxygens (including phenoxy) is 1. The molecule has 0 amide bonds. The smallest absolute Gasteiger partial charge is 0.309 e. The molecule has 22 heavy (non-hydrogen) atoms. The van der Waals surface area contributed by atoms with Gasteiger partial charge in [-0.15, -0.1) is 0 Å². The van der Waals surface area contributed by atoms with Crippen molar-refractivity contribution in [2.45, 2.75) is 26.9 Å². The predicted molar refractivity (Wildman–Crippen MR) is 82.5 cm³/mol. The molecule has 1 unspecified atom stereocenters. The highest BCUT2D eigenvalue weighted by molar-refractivity contribution is 5.72. The molecule has 0 bridgehead atoms. The lowest BCUT2D eigenvalue weighted by Gasteiger charge is -2.10. The molecular weight excluding hydrogens is 282 g/mol. The van der Waals surface area contributed by atoms with Crippen LogP contribution in [0.4, 0.5) is 5.95 Å². The molecule has 0 aliphatic rings. The van der Waals surface area contributed by atoms with E-state index in [1.54, 1.807) is 4.90 Å². The lowest BCUT2D eigenvalue weighted by Crippen LogP contribution is -2.17. The molecule has 2 aromatic rings. The summed E-state index contributed by atoms with van der Waals surface area (Å²) in [6.45, 7) is 3.88. The molecule has 0 saturated heterocycles. The van der Waals surface area contributed by atoms with E-state index in [1.807, 2.05) is 52.2 Å². The Balaban J connectivity index is 1.84. The lowest BCUT2D eigenvalue weighted by molar-refractivity contribution is -0.150. The fourth-order valence-corrected chi connectivity index (χ4v) is 1.92. The summed E-state index contributed by atoms with van der Waals surface area (Å²) >= 11 is 0. The van der Waals surface area contributed by atoms with Crippen molar-refractivity contribution in [2.24, 2.45) is 5.92 Å². The average molecular weight is 303 g/mol. The van der Waals surface area contributed by atoms with E-state index in [4.69, 9.17) is 9.26 Å². The Labute approximate surface area is 130 Å². The van der Waals surface area contributed by atoms with Crippen molar-refractivity contribution in [1.82, 2.24) is 10.1 Å². The van der Waals surface area contributed by atoms with Gasteiger partial charge >= 0.3 is 5.97 Å².